The number of rotatable bonds is 6. The standard InChI is InChI=1S/C15H19BrFNO3/c1-9(2)15(3,14(20)21)7-13(19)18-8-10-6-11(17)4-5-12(10)16/h4-6,9H,7-8H2,1-3H3,(H,18,19)(H,20,21). The average Bonchev–Trinajstić information content (AvgIpc) is 2.39. The lowest BCUT2D eigenvalue weighted by atomic mass is 9.76. The van der Waals surface area contributed by atoms with E-state index in [-0.39, 0.29) is 30.6 Å². The van der Waals surface area contributed by atoms with Gasteiger partial charge in [0.05, 0.1) is 5.41 Å². The molecule has 21 heavy (non-hydrogen) atoms. The first kappa shape index (κ1) is 17.6. The maximum atomic E-state index is 13.1. The van der Waals surface area contributed by atoms with Crippen molar-refractivity contribution in [1.29, 1.82) is 0 Å². The minimum absolute atomic E-state index is 0.118. The van der Waals surface area contributed by atoms with Gasteiger partial charge in [-0.3, -0.25) is 9.59 Å². The Morgan fingerprint density at radius 1 is 1.43 bits per heavy atom. The van der Waals surface area contributed by atoms with E-state index in [1.165, 1.54) is 12.1 Å². The van der Waals surface area contributed by atoms with Crippen molar-refractivity contribution in [3.63, 3.8) is 0 Å². The molecule has 1 rings (SSSR count). The van der Waals surface area contributed by atoms with Gasteiger partial charge in [0.1, 0.15) is 5.82 Å². The van der Waals surface area contributed by atoms with Crippen molar-refractivity contribution in [3.05, 3.63) is 34.1 Å². The van der Waals surface area contributed by atoms with Gasteiger partial charge in [-0.1, -0.05) is 29.8 Å². The Morgan fingerprint density at radius 3 is 2.57 bits per heavy atom. The molecule has 4 nitrogen and oxygen atoms in total. The van der Waals surface area contributed by atoms with E-state index in [0.29, 0.717) is 10.0 Å². The molecule has 0 aliphatic heterocycles. The number of amides is 1. The summed E-state index contributed by atoms with van der Waals surface area (Å²) in [7, 11) is 0. The summed E-state index contributed by atoms with van der Waals surface area (Å²) >= 11 is 3.28. The molecule has 0 fully saturated rings. The Labute approximate surface area is 131 Å². The van der Waals surface area contributed by atoms with Gasteiger partial charge in [-0.25, -0.2) is 4.39 Å². The number of carbonyl (C=O) groups excluding carboxylic acids is 1. The summed E-state index contributed by atoms with van der Waals surface area (Å²) in [5.74, 6) is -1.94. The lowest BCUT2D eigenvalue weighted by Crippen LogP contribution is -2.39. The second kappa shape index (κ2) is 7.02. The highest BCUT2D eigenvalue weighted by atomic mass is 79.9. The molecule has 1 atom stereocenters. The topological polar surface area (TPSA) is 66.4 Å². The highest BCUT2D eigenvalue weighted by Gasteiger charge is 2.38. The zero-order valence-electron chi connectivity index (χ0n) is 12.2. The number of nitrogens with one attached hydrogen (secondary N) is 1. The third-order valence-electron chi connectivity index (χ3n) is 3.77. The first-order valence-electron chi connectivity index (χ1n) is 6.61. The lowest BCUT2D eigenvalue weighted by molar-refractivity contribution is -0.153. The molecular weight excluding hydrogens is 341 g/mol. The monoisotopic (exact) mass is 359 g/mol. The highest BCUT2D eigenvalue weighted by molar-refractivity contribution is 9.10. The van der Waals surface area contributed by atoms with Crippen LogP contribution in [0.2, 0.25) is 0 Å². The van der Waals surface area contributed by atoms with Crippen molar-refractivity contribution in [2.45, 2.75) is 33.7 Å². The molecule has 1 unspecified atom stereocenters. The van der Waals surface area contributed by atoms with E-state index in [1.54, 1.807) is 26.8 Å². The van der Waals surface area contributed by atoms with Gasteiger partial charge in [-0.15, -0.1) is 0 Å². The molecule has 0 bridgehead atoms. The first-order chi connectivity index (χ1) is 9.66. The van der Waals surface area contributed by atoms with Crippen LogP contribution in [-0.4, -0.2) is 17.0 Å². The SMILES string of the molecule is CC(C)C(C)(CC(=O)NCc1cc(F)ccc1Br)C(=O)O. The third-order valence-corrected chi connectivity index (χ3v) is 4.55. The summed E-state index contributed by atoms with van der Waals surface area (Å²) in [4.78, 5) is 23.3. The van der Waals surface area contributed by atoms with Crippen LogP contribution in [0, 0.1) is 17.2 Å². The molecular formula is C15H19BrFNO3. The van der Waals surface area contributed by atoms with Crippen LogP contribution in [0.15, 0.2) is 22.7 Å². The van der Waals surface area contributed by atoms with Crippen LogP contribution in [-0.2, 0) is 16.1 Å². The zero-order valence-corrected chi connectivity index (χ0v) is 13.8. The molecule has 1 aromatic carbocycles. The summed E-state index contributed by atoms with van der Waals surface area (Å²) < 4.78 is 13.8. The number of benzene rings is 1. The van der Waals surface area contributed by atoms with Gasteiger partial charge in [0.25, 0.3) is 0 Å². The fourth-order valence-electron chi connectivity index (χ4n) is 1.80. The van der Waals surface area contributed by atoms with Crippen molar-refractivity contribution in [2.24, 2.45) is 11.3 Å². The maximum absolute atomic E-state index is 13.1. The van der Waals surface area contributed by atoms with Gasteiger partial charge in [0.2, 0.25) is 5.91 Å². The molecule has 6 heteroatoms. The third kappa shape index (κ3) is 4.52. The van der Waals surface area contributed by atoms with E-state index in [0.717, 1.165) is 0 Å². The first-order valence-corrected chi connectivity index (χ1v) is 7.40. The van der Waals surface area contributed by atoms with Crippen LogP contribution in [0.1, 0.15) is 32.8 Å². The molecule has 0 saturated heterocycles. The van der Waals surface area contributed by atoms with Gasteiger partial charge in [0, 0.05) is 17.4 Å². The molecule has 0 heterocycles. The van der Waals surface area contributed by atoms with E-state index >= 15 is 0 Å². The number of aliphatic carboxylic acids is 1. The number of halogens is 2. The predicted molar refractivity (Wildman–Crippen MR) is 81.1 cm³/mol. The van der Waals surface area contributed by atoms with Gasteiger partial charge in [0.15, 0.2) is 0 Å². The number of hydrogen-bond donors (Lipinski definition) is 2. The molecule has 0 aliphatic carbocycles. The number of carboxylic acids is 1. The van der Waals surface area contributed by atoms with E-state index in [9.17, 15) is 19.1 Å². The quantitative estimate of drug-likeness (QED) is 0.818. The van der Waals surface area contributed by atoms with Crippen LogP contribution in [0.4, 0.5) is 4.39 Å². The van der Waals surface area contributed by atoms with Crippen molar-refractivity contribution in [3.8, 4) is 0 Å². The molecule has 2 N–H and O–H groups in total. The molecule has 0 aliphatic rings. The Kier molecular flexibility index (Phi) is 5.89. The van der Waals surface area contributed by atoms with Crippen LogP contribution < -0.4 is 5.32 Å². The van der Waals surface area contributed by atoms with Crippen LogP contribution in [0.5, 0.6) is 0 Å². The Morgan fingerprint density at radius 2 is 2.05 bits per heavy atom. The smallest absolute Gasteiger partial charge is 0.310 e. The Hall–Kier alpha value is -1.43. The molecule has 116 valence electrons. The van der Waals surface area contributed by atoms with E-state index in [2.05, 4.69) is 21.2 Å². The van der Waals surface area contributed by atoms with Crippen molar-refractivity contribution in [1.82, 2.24) is 5.32 Å². The fraction of sp³-hybridized carbons (Fsp3) is 0.467. The van der Waals surface area contributed by atoms with Crippen LogP contribution in [0.3, 0.4) is 0 Å². The summed E-state index contributed by atoms with van der Waals surface area (Å²) in [5, 5.41) is 11.9. The summed E-state index contributed by atoms with van der Waals surface area (Å²) in [5.41, 5.74) is -0.520. The zero-order chi connectivity index (χ0) is 16.2. The van der Waals surface area contributed by atoms with Crippen molar-refractivity contribution >= 4 is 27.8 Å². The minimum Gasteiger partial charge on any atom is -0.481 e. The lowest BCUT2D eigenvalue weighted by Gasteiger charge is -2.28. The van der Waals surface area contributed by atoms with E-state index < -0.39 is 11.4 Å². The highest BCUT2D eigenvalue weighted by Crippen LogP contribution is 2.31. The maximum Gasteiger partial charge on any atom is 0.310 e. The molecule has 1 aromatic rings. The van der Waals surface area contributed by atoms with Crippen molar-refractivity contribution < 1.29 is 19.1 Å². The molecule has 0 saturated carbocycles. The largest absolute Gasteiger partial charge is 0.481 e. The number of carboxylic acid groups (broad SMARTS) is 1. The van der Waals surface area contributed by atoms with Crippen LogP contribution >= 0.6 is 15.9 Å². The second-order valence-corrected chi connectivity index (χ2v) is 6.42. The molecule has 0 aromatic heterocycles. The Balaban J connectivity index is 2.70. The molecule has 1 amide bonds. The Bertz CT molecular complexity index is 548. The van der Waals surface area contributed by atoms with Gasteiger partial charge in [-0.2, -0.15) is 0 Å². The molecule has 0 spiro atoms. The van der Waals surface area contributed by atoms with Gasteiger partial charge < -0.3 is 10.4 Å². The summed E-state index contributed by atoms with van der Waals surface area (Å²) in [6.07, 6.45) is -0.118. The fourth-order valence-corrected chi connectivity index (χ4v) is 2.18. The number of hydrogen-bond acceptors (Lipinski definition) is 2. The summed E-state index contributed by atoms with van der Waals surface area (Å²) in [6.45, 7) is 5.23. The van der Waals surface area contributed by atoms with Gasteiger partial charge >= 0.3 is 5.97 Å². The normalized spacial score (nSPS) is 13.8. The van der Waals surface area contributed by atoms with Crippen LogP contribution in [0.25, 0.3) is 0 Å². The summed E-state index contributed by atoms with van der Waals surface area (Å²) in [6, 6.07) is 4.20. The minimum atomic E-state index is -1.12. The van der Waals surface area contributed by atoms with E-state index in [4.69, 9.17) is 0 Å². The van der Waals surface area contributed by atoms with Gasteiger partial charge in [-0.05, 0) is 36.6 Å². The second-order valence-electron chi connectivity index (χ2n) is 5.57. The predicted octanol–water partition coefficient (Wildman–Crippen LogP) is 3.34. The molecule has 0 radical (unpaired) electrons. The van der Waals surface area contributed by atoms with Crippen molar-refractivity contribution in [2.75, 3.05) is 0 Å². The van der Waals surface area contributed by atoms with E-state index in [1.807, 2.05) is 0 Å². The average molecular weight is 360 g/mol. The number of carbonyl (C=O) groups is 2.